The normalized spacial score (nSPS) is 18.6. The molecule has 0 atom stereocenters. The minimum absolute atomic E-state index is 0.262. The molecule has 2 aromatic rings. The predicted octanol–water partition coefficient (Wildman–Crippen LogP) is 3.77. The highest BCUT2D eigenvalue weighted by molar-refractivity contribution is 7.11. The Morgan fingerprint density at radius 2 is 1.78 bits per heavy atom. The van der Waals surface area contributed by atoms with Crippen LogP contribution < -0.4 is 9.64 Å². The highest BCUT2D eigenvalue weighted by Gasteiger charge is 2.44. The summed E-state index contributed by atoms with van der Waals surface area (Å²) in [5, 5.41) is 1.93. The van der Waals surface area contributed by atoms with Crippen LogP contribution >= 0.6 is 11.3 Å². The van der Waals surface area contributed by atoms with Gasteiger partial charge in [-0.3, -0.25) is 9.59 Å². The van der Waals surface area contributed by atoms with E-state index in [0.717, 1.165) is 30.8 Å². The topological polar surface area (TPSA) is 49.9 Å². The number of amides is 2. The van der Waals surface area contributed by atoms with Crippen molar-refractivity contribution < 1.29 is 14.3 Å². The second kappa shape index (κ2) is 7.19. The summed E-state index contributed by atoms with van der Waals surface area (Å²) in [5.41, 5.74) is 1.53. The third-order valence-electron chi connectivity index (χ3n) is 5.25. The molecular weight excluding hydrogens is 360 g/mol. The van der Waals surface area contributed by atoms with Crippen LogP contribution in [0.4, 0.5) is 5.69 Å². The van der Waals surface area contributed by atoms with Crippen molar-refractivity contribution in [2.75, 3.05) is 25.1 Å². The first-order chi connectivity index (χ1) is 13.1. The Kier molecular flexibility index (Phi) is 4.74. The number of benzene rings is 1. The van der Waals surface area contributed by atoms with E-state index < -0.39 is 0 Å². The Balaban J connectivity index is 1.80. The van der Waals surface area contributed by atoms with Gasteiger partial charge in [-0.15, -0.1) is 11.3 Å². The second-order valence-electron chi connectivity index (χ2n) is 6.99. The molecular formula is C21H22N2O3S. The number of ether oxygens (including phenoxy) is 1. The molecule has 3 heterocycles. The van der Waals surface area contributed by atoms with Gasteiger partial charge >= 0.3 is 0 Å². The first-order valence-electron chi connectivity index (χ1n) is 9.16. The van der Waals surface area contributed by atoms with Crippen molar-refractivity contribution in [3.05, 3.63) is 52.4 Å². The number of nitrogens with zero attached hydrogens (tertiary/aromatic N) is 2. The lowest BCUT2D eigenvalue weighted by Crippen LogP contribution is -2.38. The third kappa shape index (κ3) is 3.04. The van der Waals surface area contributed by atoms with Gasteiger partial charge in [0.25, 0.3) is 11.8 Å². The number of carbonyl (C=O) groups excluding carboxylic acids is 2. The minimum Gasteiger partial charge on any atom is -0.495 e. The van der Waals surface area contributed by atoms with Crippen LogP contribution in [-0.2, 0) is 9.59 Å². The molecule has 0 bridgehead atoms. The van der Waals surface area contributed by atoms with E-state index in [4.69, 9.17) is 4.74 Å². The third-order valence-corrected chi connectivity index (χ3v) is 6.14. The van der Waals surface area contributed by atoms with Crippen LogP contribution in [0.25, 0.3) is 5.57 Å². The fourth-order valence-corrected chi connectivity index (χ4v) is 4.48. The van der Waals surface area contributed by atoms with Crippen LogP contribution in [-0.4, -0.2) is 36.9 Å². The lowest BCUT2D eigenvalue weighted by Gasteiger charge is -2.32. The van der Waals surface area contributed by atoms with Crippen LogP contribution in [0.5, 0.6) is 5.75 Å². The summed E-state index contributed by atoms with van der Waals surface area (Å²) < 4.78 is 5.40. The van der Waals surface area contributed by atoms with Crippen LogP contribution in [0.2, 0.25) is 0 Å². The summed E-state index contributed by atoms with van der Waals surface area (Å²) in [6, 6.07) is 11.0. The Hall–Kier alpha value is -2.60. The lowest BCUT2D eigenvalue weighted by atomic mass is 9.98. The number of hydrogen-bond acceptors (Lipinski definition) is 5. The van der Waals surface area contributed by atoms with Crippen LogP contribution in [0.1, 0.15) is 24.6 Å². The van der Waals surface area contributed by atoms with Crippen LogP contribution in [0.15, 0.2) is 47.5 Å². The standard InChI is InChI=1S/C21H22N2O3S/c1-14-9-11-22(12-10-14)19-18(17-8-5-13-27-17)20(24)23(21(19)25)15-6-3-4-7-16(15)26-2/h3-8,13-14H,9-12H2,1-2H3. The molecule has 1 fully saturated rings. The molecule has 1 aromatic heterocycles. The number of anilines is 1. The number of methoxy groups -OCH3 is 1. The summed E-state index contributed by atoms with van der Waals surface area (Å²) in [6.45, 7) is 3.82. The molecule has 6 heteroatoms. The van der Waals surface area contributed by atoms with Gasteiger partial charge in [-0.1, -0.05) is 25.1 Å². The van der Waals surface area contributed by atoms with Crippen molar-refractivity contribution in [3.8, 4) is 5.75 Å². The zero-order chi connectivity index (χ0) is 19.0. The van der Waals surface area contributed by atoms with E-state index in [1.807, 2.05) is 29.6 Å². The molecule has 0 saturated carbocycles. The van der Waals surface area contributed by atoms with E-state index >= 15 is 0 Å². The number of imide groups is 1. The zero-order valence-electron chi connectivity index (χ0n) is 15.5. The molecule has 5 nitrogen and oxygen atoms in total. The molecule has 2 aliphatic heterocycles. The fraction of sp³-hybridized carbons (Fsp3) is 0.333. The van der Waals surface area contributed by atoms with Crippen molar-refractivity contribution in [3.63, 3.8) is 0 Å². The van der Waals surface area contributed by atoms with E-state index in [0.29, 0.717) is 28.6 Å². The van der Waals surface area contributed by atoms with Crippen molar-refractivity contribution in [2.45, 2.75) is 19.8 Å². The number of hydrogen-bond donors (Lipinski definition) is 0. The monoisotopic (exact) mass is 382 g/mol. The van der Waals surface area contributed by atoms with Gasteiger partial charge in [0.15, 0.2) is 0 Å². The Bertz CT molecular complexity index is 896. The molecule has 1 saturated heterocycles. The fourth-order valence-electron chi connectivity index (χ4n) is 3.72. The van der Waals surface area contributed by atoms with E-state index in [9.17, 15) is 9.59 Å². The van der Waals surface area contributed by atoms with Gasteiger partial charge in [0, 0.05) is 18.0 Å². The first kappa shape index (κ1) is 17.8. The number of rotatable bonds is 4. The van der Waals surface area contributed by atoms with Crippen LogP contribution in [0.3, 0.4) is 0 Å². The number of para-hydroxylation sites is 2. The predicted molar refractivity (Wildman–Crippen MR) is 107 cm³/mol. The maximum Gasteiger partial charge on any atom is 0.282 e. The van der Waals surface area contributed by atoms with E-state index in [1.165, 1.54) is 16.2 Å². The molecule has 0 radical (unpaired) electrons. The quantitative estimate of drug-likeness (QED) is 0.756. The molecule has 0 unspecified atom stereocenters. The van der Waals surface area contributed by atoms with Gasteiger partial charge in [0.05, 0.1) is 18.4 Å². The summed E-state index contributed by atoms with van der Waals surface area (Å²) in [7, 11) is 1.55. The van der Waals surface area contributed by atoms with Crippen molar-refractivity contribution in [1.82, 2.24) is 4.90 Å². The maximum atomic E-state index is 13.4. The molecule has 4 rings (SSSR count). The average molecular weight is 382 g/mol. The summed E-state index contributed by atoms with van der Waals surface area (Å²) in [5.74, 6) is 0.617. The smallest absolute Gasteiger partial charge is 0.282 e. The van der Waals surface area contributed by atoms with Gasteiger partial charge in [-0.25, -0.2) is 4.90 Å². The van der Waals surface area contributed by atoms with Crippen molar-refractivity contribution >= 4 is 34.4 Å². The molecule has 1 aromatic carbocycles. The summed E-state index contributed by atoms with van der Waals surface area (Å²) in [6.07, 6.45) is 2.05. The first-order valence-corrected chi connectivity index (χ1v) is 10.0. The summed E-state index contributed by atoms with van der Waals surface area (Å²) in [4.78, 5) is 31.0. The molecule has 2 amide bonds. The molecule has 0 spiro atoms. The van der Waals surface area contributed by atoms with Gasteiger partial charge in [-0.05, 0) is 42.3 Å². The van der Waals surface area contributed by atoms with Gasteiger partial charge in [-0.2, -0.15) is 0 Å². The number of piperidine rings is 1. The second-order valence-corrected chi connectivity index (χ2v) is 7.94. The van der Waals surface area contributed by atoms with E-state index in [2.05, 4.69) is 11.8 Å². The SMILES string of the molecule is COc1ccccc1N1C(=O)C(c2cccs2)=C(N2CCC(C)CC2)C1=O. The Morgan fingerprint density at radius 1 is 1.04 bits per heavy atom. The molecule has 2 aliphatic rings. The van der Waals surface area contributed by atoms with E-state index in [-0.39, 0.29) is 11.8 Å². The van der Waals surface area contributed by atoms with Crippen molar-refractivity contribution in [2.24, 2.45) is 5.92 Å². The number of likely N-dealkylation sites (tertiary alicyclic amines) is 1. The lowest BCUT2D eigenvalue weighted by molar-refractivity contribution is -0.120. The Morgan fingerprint density at radius 3 is 2.44 bits per heavy atom. The highest BCUT2D eigenvalue weighted by atomic mass is 32.1. The molecule has 0 N–H and O–H groups in total. The number of thiophene rings is 1. The zero-order valence-corrected chi connectivity index (χ0v) is 16.3. The number of carbonyl (C=O) groups is 2. The largest absolute Gasteiger partial charge is 0.495 e. The van der Waals surface area contributed by atoms with Gasteiger partial charge in [0.1, 0.15) is 11.4 Å². The maximum absolute atomic E-state index is 13.4. The van der Waals surface area contributed by atoms with E-state index in [1.54, 1.807) is 19.2 Å². The van der Waals surface area contributed by atoms with Crippen molar-refractivity contribution in [1.29, 1.82) is 0 Å². The summed E-state index contributed by atoms with van der Waals surface area (Å²) >= 11 is 1.49. The highest BCUT2D eigenvalue weighted by Crippen LogP contribution is 2.40. The van der Waals surface area contributed by atoms with Gasteiger partial charge < -0.3 is 9.64 Å². The minimum atomic E-state index is -0.277. The average Bonchev–Trinajstić information content (AvgIpc) is 3.29. The van der Waals surface area contributed by atoms with Crippen LogP contribution in [0, 0.1) is 5.92 Å². The molecule has 27 heavy (non-hydrogen) atoms. The molecule has 0 aliphatic carbocycles. The Labute approximate surface area is 162 Å². The van der Waals surface area contributed by atoms with Gasteiger partial charge in [0.2, 0.25) is 0 Å². The molecule has 140 valence electrons.